The molecule has 1 fully saturated rings. The molecule has 100 valence electrons. The maximum atomic E-state index is 11.9. The summed E-state index contributed by atoms with van der Waals surface area (Å²) in [5.41, 5.74) is -0.401. The van der Waals surface area contributed by atoms with Crippen molar-refractivity contribution >= 4 is 18.7 Å². The Bertz CT molecular complexity index is 263. The van der Waals surface area contributed by atoms with Gasteiger partial charge in [0.1, 0.15) is 5.60 Å². The molecule has 0 aliphatic carbocycles. The van der Waals surface area contributed by atoms with Crippen LogP contribution in [0.15, 0.2) is 0 Å². The van der Waals surface area contributed by atoms with Gasteiger partial charge in [-0.1, -0.05) is 6.92 Å². The summed E-state index contributed by atoms with van der Waals surface area (Å²) in [6.07, 6.45) is 2.04. The lowest BCUT2D eigenvalue weighted by Gasteiger charge is -2.37. The van der Waals surface area contributed by atoms with Crippen molar-refractivity contribution in [3.63, 3.8) is 0 Å². The minimum absolute atomic E-state index is 0.173. The summed E-state index contributed by atoms with van der Waals surface area (Å²) in [4.78, 5) is 13.8. The van der Waals surface area contributed by atoms with E-state index in [0.717, 1.165) is 31.7 Å². The van der Waals surface area contributed by atoms with Gasteiger partial charge in [0.05, 0.1) is 0 Å². The third kappa shape index (κ3) is 4.78. The predicted molar refractivity (Wildman–Crippen MR) is 73.5 cm³/mol. The summed E-state index contributed by atoms with van der Waals surface area (Å²) in [5, 5.41) is 0. The van der Waals surface area contributed by atoms with Crippen LogP contribution in [0, 0.1) is 11.8 Å². The summed E-state index contributed by atoms with van der Waals surface area (Å²) in [6, 6.07) is 0. The first-order chi connectivity index (χ1) is 7.83. The van der Waals surface area contributed by atoms with Crippen molar-refractivity contribution in [3.05, 3.63) is 0 Å². The molecule has 4 heteroatoms. The number of carbonyl (C=O) groups excluding carboxylic acids is 1. The first kappa shape index (κ1) is 14.7. The van der Waals surface area contributed by atoms with Crippen molar-refractivity contribution in [2.75, 3.05) is 18.8 Å². The van der Waals surface area contributed by atoms with Crippen molar-refractivity contribution in [2.45, 2.75) is 46.1 Å². The van der Waals surface area contributed by atoms with Gasteiger partial charge >= 0.3 is 6.09 Å². The molecule has 0 N–H and O–H groups in total. The molecule has 0 radical (unpaired) electrons. The Kier molecular flexibility index (Phi) is 5.17. The van der Waals surface area contributed by atoms with Crippen molar-refractivity contribution in [3.8, 4) is 0 Å². The second-order valence-corrected chi connectivity index (χ2v) is 6.41. The van der Waals surface area contributed by atoms with E-state index in [1.54, 1.807) is 0 Å². The lowest BCUT2D eigenvalue weighted by atomic mass is 9.85. The maximum Gasteiger partial charge on any atom is 0.410 e. The molecule has 0 spiro atoms. The van der Waals surface area contributed by atoms with Crippen LogP contribution >= 0.6 is 12.6 Å². The average Bonchev–Trinajstić information content (AvgIpc) is 2.18. The van der Waals surface area contributed by atoms with E-state index in [1.807, 2.05) is 25.7 Å². The molecule has 3 nitrogen and oxygen atoms in total. The number of amides is 1. The quantitative estimate of drug-likeness (QED) is 0.772. The predicted octanol–water partition coefficient (Wildman–Crippen LogP) is 3.20. The molecule has 1 aliphatic rings. The second-order valence-electron chi connectivity index (χ2n) is 5.96. The smallest absolute Gasteiger partial charge is 0.410 e. The van der Waals surface area contributed by atoms with Gasteiger partial charge in [0.15, 0.2) is 0 Å². The molecular formula is C13H25NO2S. The Morgan fingerprint density at radius 2 is 2.12 bits per heavy atom. The van der Waals surface area contributed by atoms with Crippen LogP contribution in [0.4, 0.5) is 4.79 Å². The number of rotatable bonds is 2. The van der Waals surface area contributed by atoms with Crippen LogP contribution in [-0.2, 0) is 4.74 Å². The van der Waals surface area contributed by atoms with Gasteiger partial charge in [0.25, 0.3) is 0 Å². The zero-order valence-corrected chi connectivity index (χ0v) is 12.3. The summed E-state index contributed by atoms with van der Waals surface area (Å²) >= 11 is 4.29. The highest BCUT2D eigenvalue weighted by atomic mass is 32.1. The Morgan fingerprint density at radius 1 is 1.47 bits per heavy atom. The van der Waals surface area contributed by atoms with Crippen LogP contribution in [0.3, 0.4) is 0 Å². The maximum absolute atomic E-state index is 11.9. The first-order valence-corrected chi connectivity index (χ1v) is 7.05. The molecule has 2 atom stereocenters. The van der Waals surface area contributed by atoms with Gasteiger partial charge in [-0.3, -0.25) is 0 Å². The van der Waals surface area contributed by atoms with Gasteiger partial charge in [-0.25, -0.2) is 4.79 Å². The number of hydrogen-bond acceptors (Lipinski definition) is 3. The minimum Gasteiger partial charge on any atom is -0.444 e. The zero-order chi connectivity index (χ0) is 13.1. The van der Waals surface area contributed by atoms with E-state index in [0.29, 0.717) is 11.8 Å². The molecule has 0 aromatic rings. The molecule has 0 saturated carbocycles. The number of thiol groups is 1. The molecule has 0 bridgehead atoms. The van der Waals surface area contributed by atoms with Crippen LogP contribution in [0.25, 0.3) is 0 Å². The van der Waals surface area contributed by atoms with Crippen LogP contribution < -0.4 is 0 Å². The van der Waals surface area contributed by atoms with Gasteiger partial charge in [-0.15, -0.1) is 0 Å². The van der Waals surface area contributed by atoms with E-state index < -0.39 is 5.60 Å². The summed E-state index contributed by atoms with van der Waals surface area (Å²) in [5.74, 6) is 2.18. The molecule has 1 rings (SSSR count). The summed E-state index contributed by atoms with van der Waals surface area (Å²) < 4.78 is 5.39. The Hall–Kier alpha value is -0.380. The number of carbonyl (C=O) groups is 1. The van der Waals surface area contributed by atoms with Gasteiger partial charge in [0.2, 0.25) is 0 Å². The summed E-state index contributed by atoms with van der Waals surface area (Å²) in [7, 11) is 0. The van der Waals surface area contributed by atoms with Crippen molar-refractivity contribution in [1.82, 2.24) is 4.90 Å². The largest absolute Gasteiger partial charge is 0.444 e. The second kappa shape index (κ2) is 5.98. The molecule has 0 aromatic carbocycles. The molecule has 1 heterocycles. The van der Waals surface area contributed by atoms with Gasteiger partial charge in [-0.2, -0.15) is 12.6 Å². The standard InChI is InChI=1S/C13H25NO2S/c1-10-9-14(7-5-11(10)6-8-17)12(15)16-13(2,3)4/h10-11,17H,5-9H2,1-4H3. The lowest BCUT2D eigenvalue weighted by Crippen LogP contribution is -2.45. The fourth-order valence-electron chi connectivity index (χ4n) is 2.28. The third-order valence-electron chi connectivity index (χ3n) is 3.23. The highest BCUT2D eigenvalue weighted by Crippen LogP contribution is 2.27. The number of ether oxygens (including phenoxy) is 1. The molecule has 0 aromatic heterocycles. The van der Waals surface area contributed by atoms with Crippen molar-refractivity contribution < 1.29 is 9.53 Å². The summed E-state index contributed by atoms with van der Waals surface area (Å²) in [6.45, 7) is 9.56. The van der Waals surface area contributed by atoms with E-state index in [2.05, 4.69) is 19.6 Å². The number of piperidine rings is 1. The number of nitrogens with zero attached hydrogens (tertiary/aromatic N) is 1. The molecule has 1 saturated heterocycles. The molecular weight excluding hydrogens is 234 g/mol. The number of hydrogen-bond donors (Lipinski definition) is 1. The van der Waals surface area contributed by atoms with E-state index in [-0.39, 0.29) is 6.09 Å². The average molecular weight is 259 g/mol. The highest BCUT2D eigenvalue weighted by Gasteiger charge is 2.30. The van der Waals surface area contributed by atoms with Crippen molar-refractivity contribution in [1.29, 1.82) is 0 Å². The topological polar surface area (TPSA) is 29.5 Å². The SMILES string of the molecule is CC1CN(C(=O)OC(C)(C)C)CCC1CCS. The van der Waals surface area contributed by atoms with Gasteiger partial charge < -0.3 is 9.64 Å². The van der Waals surface area contributed by atoms with Crippen LogP contribution in [0.5, 0.6) is 0 Å². The first-order valence-electron chi connectivity index (χ1n) is 6.42. The Balaban J connectivity index is 2.46. The van der Waals surface area contributed by atoms with E-state index in [4.69, 9.17) is 4.74 Å². The van der Waals surface area contributed by atoms with Crippen LogP contribution in [0.2, 0.25) is 0 Å². The van der Waals surface area contributed by atoms with Crippen LogP contribution in [0.1, 0.15) is 40.5 Å². The van der Waals surface area contributed by atoms with Gasteiger partial charge in [-0.05, 0) is 51.2 Å². The third-order valence-corrected chi connectivity index (χ3v) is 3.49. The molecule has 2 unspecified atom stereocenters. The Morgan fingerprint density at radius 3 is 2.59 bits per heavy atom. The molecule has 17 heavy (non-hydrogen) atoms. The fraction of sp³-hybridized carbons (Fsp3) is 0.923. The zero-order valence-electron chi connectivity index (χ0n) is 11.4. The lowest BCUT2D eigenvalue weighted by molar-refractivity contribution is 0.0115. The fourth-order valence-corrected chi connectivity index (χ4v) is 2.61. The normalized spacial score (nSPS) is 25.8. The van der Waals surface area contributed by atoms with E-state index in [1.165, 1.54) is 0 Å². The van der Waals surface area contributed by atoms with E-state index >= 15 is 0 Å². The van der Waals surface area contributed by atoms with Gasteiger partial charge in [0, 0.05) is 13.1 Å². The van der Waals surface area contributed by atoms with E-state index in [9.17, 15) is 4.79 Å². The van der Waals surface area contributed by atoms with Crippen molar-refractivity contribution in [2.24, 2.45) is 11.8 Å². The highest BCUT2D eigenvalue weighted by molar-refractivity contribution is 7.80. The minimum atomic E-state index is -0.401. The van der Waals surface area contributed by atoms with Crippen LogP contribution in [-0.4, -0.2) is 35.4 Å². The molecule has 1 aliphatic heterocycles. The molecule has 1 amide bonds. The monoisotopic (exact) mass is 259 g/mol. The number of likely N-dealkylation sites (tertiary alicyclic amines) is 1. The Labute approximate surface area is 110 Å².